The molecular formula is C13H14N2O. The number of aryl methyl sites for hydroxylation is 2. The lowest BCUT2D eigenvalue weighted by Crippen LogP contribution is -1.95. The summed E-state index contributed by atoms with van der Waals surface area (Å²) in [4.78, 5) is 8.67. The molecule has 1 aromatic heterocycles. The van der Waals surface area contributed by atoms with Crippen LogP contribution in [0, 0.1) is 13.8 Å². The van der Waals surface area contributed by atoms with Gasteiger partial charge in [-0.3, -0.25) is 0 Å². The van der Waals surface area contributed by atoms with E-state index in [0.717, 1.165) is 22.6 Å². The van der Waals surface area contributed by atoms with Crippen LogP contribution in [0.5, 0.6) is 5.75 Å². The summed E-state index contributed by atoms with van der Waals surface area (Å²) in [7, 11) is 1.67. The molecule has 0 radical (unpaired) electrons. The van der Waals surface area contributed by atoms with Gasteiger partial charge < -0.3 is 4.74 Å². The Bertz CT molecular complexity index is 509. The fourth-order valence-corrected chi connectivity index (χ4v) is 1.68. The van der Waals surface area contributed by atoms with Gasteiger partial charge in [-0.1, -0.05) is 12.1 Å². The highest BCUT2D eigenvalue weighted by Crippen LogP contribution is 2.30. The van der Waals surface area contributed by atoms with Crippen LogP contribution >= 0.6 is 0 Å². The number of ether oxygens (including phenoxy) is 1. The monoisotopic (exact) mass is 214 g/mol. The van der Waals surface area contributed by atoms with E-state index in [-0.39, 0.29) is 0 Å². The van der Waals surface area contributed by atoms with E-state index >= 15 is 0 Å². The molecule has 2 rings (SSSR count). The predicted octanol–water partition coefficient (Wildman–Crippen LogP) is 2.77. The van der Waals surface area contributed by atoms with Gasteiger partial charge in [-0.2, -0.15) is 0 Å². The minimum Gasteiger partial charge on any atom is -0.496 e. The van der Waals surface area contributed by atoms with Gasteiger partial charge in [-0.25, -0.2) is 9.97 Å². The molecule has 0 saturated carbocycles. The van der Waals surface area contributed by atoms with Crippen molar-refractivity contribution in [3.63, 3.8) is 0 Å². The first kappa shape index (κ1) is 10.6. The number of para-hydroxylation sites is 1. The van der Waals surface area contributed by atoms with Crippen LogP contribution in [-0.2, 0) is 0 Å². The Morgan fingerprint density at radius 3 is 2.62 bits per heavy atom. The molecule has 3 heteroatoms. The second kappa shape index (κ2) is 4.31. The van der Waals surface area contributed by atoms with Crippen LogP contribution in [0.25, 0.3) is 11.4 Å². The largest absolute Gasteiger partial charge is 0.496 e. The maximum Gasteiger partial charge on any atom is 0.163 e. The Kier molecular flexibility index (Phi) is 2.86. The van der Waals surface area contributed by atoms with Crippen LogP contribution in [0.3, 0.4) is 0 Å². The number of rotatable bonds is 2. The van der Waals surface area contributed by atoms with Crippen LogP contribution in [0.1, 0.15) is 11.3 Å². The highest BCUT2D eigenvalue weighted by molar-refractivity contribution is 5.66. The topological polar surface area (TPSA) is 35.0 Å². The van der Waals surface area contributed by atoms with Crippen LogP contribution in [0.15, 0.2) is 30.5 Å². The highest BCUT2D eigenvalue weighted by Gasteiger charge is 2.10. The molecule has 82 valence electrons. The van der Waals surface area contributed by atoms with Crippen LogP contribution in [-0.4, -0.2) is 17.1 Å². The van der Waals surface area contributed by atoms with Crippen molar-refractivity contribution in [1.82, 2.24) is 9.97 Å². The molecular weight excluding hydrogens is 200 g/mol. The summed E-state index contributed by atoms with van der Waals surface area (Å²) >= 11 is 0. The molecule has 0 fully saturated rings. The molecule has 0 bridgehead atoms. The Balaban J connectivity index is 2.60. The number of hydrogen-bond donors (Lipinski definition) is 0. The normalized spacial score (nSPS) is 10.2. The summed E-state index contributed by atoms with van der Waals surface area (Å²) in [5.74, 6) is 1.55. The van der Waals surface area contributed by atoms with Gasteiger partial charge in [0.1, 0.15) is 5.75 Å². The fraction of sp³-hybridized carbons (Fsp3) is 0.231. The van der Waals surface area contributed by atoms with E-state index in [9.17, 15) is 0 Å². The van der Waals surface area contributed by atoms with Gasteiger partial charge in [0.25, 0.3) is 0 Å². The first-order valence-corrected chi connectivity index (χ1v) is 5.16. The fourth-order valence-electron chi connectivity index (χ4n) is 1.68. The summed E-state index contributed by atoms with van der Waals surface area (Å²) in [6.45, 7) is 3.96. The molecule has 3 nitrogen and oxygen atoms in total. The maximum absolute atomic E-state index is 5.39. The van der Waals surface area contributed by atoms with Crippen molar-refractivity contribution in [3.05, 3.63) is 41.7 Å². The van der Waals surface area contributed by atoms with E-state index < -0.39 is 0 Å². The van der Waals surface area contributed by atoms with Crippen LogP contribution < -0.4 is 4.74 Å². The van der Waals surface area contributed by atoms with Gasteiger partial charge in [-0.15, -0.1) is 0 Å². The van der Waals surface area contributed by atoms with Crippen molar-refractivity contribution in [3.8, 4) is 17.1 Å². The third-order valence-corrected chi connectivity index (χ3v) is 2.45. The van der Waals surface area contributed by atoms with E-state index in [0.29, 0.717) is 5.82 Å². The van der Waals surface area contributed by atoms with Crippen molar-refractivity contribution in [2.45, 2.75) is 13.8 Å². The van der Waals surface area contributed by atoms with Gasteiger partial charge in [-0.05, 0) is 31.5 Å². The second-order valence-corrected chi connectivity index (χ2v) is 3.68. The van der Waals surface area contributed by atoms with Gasteiger partial charge in [0.15, 0.2) is 5.82 Å². The molecule has 1 heterocycles. The summed E-state index contributed by atoms with van der Waals surface area (Å²) in [5.41, 5.74) is 2.98. The van der Waals surface area contributed by atoms with Crippen molar-refractivity contribution in [1.29, 1.82) is 0 Å². The third kappa shape index (κ3) is 1.89. The average Bonchev–Trinajstić information content (AvgIpc) is 2.28. The Hall–Kier alpha value is -1.90. The van der Waals surface area contributed by atoms with Crippen LogP contribution in [0.2, 0.25) is 0 Å². The molecule has 2 aromatic rings. The standard InChI is InChI=1S/C13H14N2O/c1-9-5-4-6-11(12(9)16-3)13-14-8-7-10(2)15-13/h4-8H,1-3H3. The SMILES string of the molecule is COc1c(C)cccc1-c1nccc(C)n1. The maximum atomic E-state index is 5.39. The number of hydrogen-bond acceptors (Lipinski definition) is 3. The molecule has 0 unspecified atom stereocenters. The number of nitrogens with zero attached hydrogens (tertiary/aromatic N) is 2. The molecule has 16 heavy (non-hydrogen) atoms. The lowest BCUT2D eigenvalue weighted by atomic mass is 10.1. The average molecular weight is 214 g/mol. The van der Waals surface area contributed by atoms with Crippen molar-refractivity contribution in [2.24, 2.45) is 0 Å². The van der Waals surface area contributed by atoms with E-state index in [2.05, 4.69) is 9.97 Å². The van der Waals surface area contributed by atoms with Crippen molar-refractivity contribution >= 4 is 0 Å². The van der Waals surface area contributed by atoms with Gasteiger partial charge in [0.05, 0.1) is 12.7 Å². The first-order valence-electron chi connectivity index (χ1n) is 5.16. The summed E-state index contributed by atoms with van der Waals surface area (Å²) in [6.07, 6.45) is 1.76. The number of aromatic nitrogens is 2. The zero-order valence-corrected chi connectivity index (χ0v) is 9.69. The molecule has 0 amide bonds. The van der Waals surface area contributed by atoms with Crippen molar-refractivity contribution < 1.29 is 4.74 Å². The minimum atomic E-state index is 0.709. The Morgan fingerprint density at radius 1 is 1.12 bits per heavy atom. The quantitative estimate of drug-likeness (QED) is 0.771. The van der Waals surface area contributed by atoms with E-state index in [1.165, 1.54) is 0 Å². The summed E-state index contributed by atoms with van der Waals surface area (Å²) in [6, 6.07) is 7.85. The molecule has 0 aliphatic carbocycles. The summed E-state index contributed by atoms with van der Waals surface area (Å²) in [5, 5.41) is 0. The minimum absolute atomic E-state index is 0.709. The molecule has 1 aromatic carbocycles. The highest BCUT2D eigenvalue weighted by atomic mass is 16.5. The lowest BCUT2D eigenvalue weighted by molar-refractivity contribution is 0.413. The third-order valence-electron chi connectivity index (χ3n) is 2.45. The molecule has 0 saturated heterocycles. The van der Waals surface area contributed by atoms with Gasteiger partial charge in [0, 0.05) is 11.9 Å². The van der Waals surface area contributed by atoms with E-state index in [4.69, 9.17) is 4.74 Å². The van der Waals surface area contributed by atoms with Crippen molar-refractivity contribution in [2.75, 3.05) is 7.11 Å². The van der Waals surface area contributed by atoms with Crippen LogP contribution in [0.4, 0.5) is 0 Å². The van der Waals surface area contributed by atoms with Gasteiger partial charge >= 0.3 is 0 Å². The number of benzene rings is 1. The van der Waals surface area contributed by atoms with E-state index in [1.807, 2.05) is 38.1 Å². The molecule has 0 N–H and O–H groups in total. The van der Waals surface area contributed by atoms with Gasteiger partial charge in [0.2, 0.25) is 0 Å². The molecule has 0 spiro atoms. The Morgan fingerprint density at radius 2 is 1.94 bits per heavy atom. The second-order valence-electron chi connectivity index (χ2n) is 3.68. The smallest absolute Gasteiger partial charge is 0.163 e. The molecule has 0 aliphatic rings. The lowest BCUT2D eigenvalue weighted by Gasteiger charge is -2.10. The van der Waals surface area contributed by atoms with E-state index in [1.54, 1.807) is 13.3 Å². The first-order chi connectivity index (χ1) is 7.72. The predicted molar refractivity (Wildman–Crippen MR) is 63.5 cm³/mol. The zero-order valence-electron chi connectivity index (χ0n) is 9.69. The Labute approximate surface area is 95.1 Å². The summed E-state index contributed by atoms with van der Waals surface area (Å²) < 4.78 is 5.39. The molecule has 0 atom stereocenters. The zero-order chi connectivity index (χ0) is 11.5. The molecule has 0 aliphatic heterocycles. The number of methoxy groups -OCH3 is 1.